The zero-order valence-electron chi connectivity index (χ0n) is 46.3. The number of hydrogen-bond donors (Lipinski definition) is 4. The first-order chi connectivity index (χ1) is 38.6. The Morgan fingerprint density at radius 3 is 1.56 bits per heavy atom. The Bertz CT molecular complexity index is 3440. The second-order valence-electron chi connectivity index (χ2n) is 19.1. The molecule has 8 rings (SSSR count). The molecule has 0 saturated carbocycles. The monoisotopic (exact) mass is 1120 g/mol. The zero-order valence-corrected chi connectivity index (χ0v) is 47.8. The van der Waals surface area contributed by atoms with Gasteiger partial charge in [-0.05, 0) is 141 Å². The average Bonchev–Trinajstić information content (AvgIpc) is 3.51. The fraction of sp³-hybridized carbons (Fsp3) is 0.300. The minimum absolute atomic E-state index is 0.0805. The van der Waals surface area contributed by atoms with Crippen molar-refractivity contribution < 1.29 is 33.3 Å². The Labute approximate surface area is 476 Å². The van der Waals surface area contributed by atoms with Crippen LogP contribution >= 0.6 is 23.2 Å². The molecule has 4 aromatic carbocycles. The number of ether oxygens (including phenoxy) is 4. The molecule has 4 heterocycles. The predicted octanol–water partition coefficient (Wildman–Crippen LogP) is 12.4. The van der Waals surface area contributed by atoms with E-state index in [0.717, 1.165) is 54.7 Å². The smallest absolute Gasteiger partial charge is 0.224 e. The molecule has 4 aromatic heterocycles. The third kappa shape index (κ3) is 16.7. The van der Waals surface area contributed by atoms with Crippen molar-refractivity contribution in [3.05, 3.63) is 148 Å². The van der Waals surface area contributed by atoms with E-state index in [1.807, 2.05) is 103 Å². The lowest BCUT2D eigenvalue weighted by Crippen LogP contribution is -2.17. The van der Waals surface area contributed by atoms with Crippen molar-refractivity contribution >= 4 is 97.4 Å². The standard InChI is InChI=1S/C31H34ClN5O4.C29H33ClN6O3/c1-5-40-29-16-26-23(15-27(29)35-30(39)9-7-13-37(3)4)31(21(18-38)17-34-26)36-25-11-10-22(14-24(25)32)41-19-28-20(2)8-6-12-33-28;1-5-38-27-16-24-21(15-25(27)34-28(37)9-7-13-36(3)4)29(33-18-32-24)35-23-11-10-20(14-22(23)30)39-17-26-19(2)8-6-12-31-26/h6,8,10-12,14-18H,5,7,9,13,19H2,1-4H3,(H,34,36)(H,35,39);6,8,10-12,14-16,18H,5,7,9,13,17H2,1-4H3,(H,34,37)(H,32,33,35). The maximum atomic E-state index is 12.7. The number of anilines is 6. The molecule has 8 aromatic rings. The fourth-order valence-corrected chi connectivity index (χ4v) is 8.64. The van der Waals surface area contributed by atoms with Crippen LogP contribution in [0.3, 0.4) is 0 Å². The number of rotatable bonds is 25. The van der Waals surface area contributed by atoms with Gasteiger partial charge in [0.05, 0.1) is 79.7 Å². The van der Waals surface area contributed by atoms with Gasteiger partial charge in [-0.1, -0.05) is 35.3 Å². The van der Waals surface area contributed by atoms with E-state index in [-0.39, 0.29) is 11.8 Å². The van der Waals surface area contributed by atoms with Gasteiger partial charge in [-0.2, -0.15) is 0 Å². The minimum atomic E-state index is -0.124. The Balaban J connectivity index is 0.000000231. The number of benzene rings is 4. The maximum Gasteiger partial charge on any atom is 0.224 e. The van der Waals surface area contributed by atoms with Gasteiger partial charge in [-0.3, -0.25) is 29.3 Å². The van der Waals surface area contributed by atoms with E-state index in [1.54, 1.807) is 54.9 Å². The third-order valence-corrected chi connectivity index (χ3v) is 13.0. The van der Waals surface area contributed by atoms with Gasteiger partial charge in [-0.15, -0.1) is 0 Å². The Morgan fingerprint density at radius 2 is 1.09 bits per heavy atom. The number of carbonyl (C=O) groups excluding carboxylic acids is 3. The molecule has 0 unspecified atom stereocenters. The Hall–Kier alpha value is -8.16. The topological polar surface area (TPSA) is 207 Å². The summed E-state index contributed by atoms with van der Waals surface area (Å²) >= 11 is 13.2. The van der Waals surface area contributed by atoms with Crippen LogP contribution in [0.2, 0.25) is 10.0 Å². The lowest BCUT2D eigenvalue weighted by Gasteiger charge is -2.17. The Morgan fingerprint density at radius 1 is 0.588 bits per heavy atom. The van der Waals surface area contributed by atoms with Gasteiger partial charge in [-0.25, -0.2) is 9.97 Å². The molecule has 0 spiro atoms. The van der Waals surface area contributed by atoms with Gasteiger partial charge in [0, 0.05) is 66.5 Å². The second kappa shape index (κ2) is 29.2. The molecule has 0 fully saturated rings. The van der Waals surface area contributed by atoms with E-state index in [4.69, 9.17) is 42.1 Å². The molecule has 0 aliphatic carbocycles. The van der Waals surface area contributed by atoms with Crippen molar-refractivity contribution in [1.82, 2.24) is 34.7 Å². The van der Waals surface area contributed by atoms with Gasteiger partial charge in [0.2, 0.25) is 11.8 Å². The summed E-state index contributed by atoms with van der Waals surface area (Å²) in [7, 11) is 7.91. The van der Waals surface area contributed by atoms with Crippen molar-refractivity contribution in [1.29, 1.82) is 0 Å². The molecule has 418 valence electrons. The van der Waals surface area contributed by atoms with E-state index in [9.17, 15) is 14.4 Å². The second-order valence-corrected chi connectivity index (χ2v) is 19.9. The summed E-state index contributed by atoms with van der Waals surface area (Å²) in [6, 6.07) is 25.6. The number of aryl methyl sites for hydroxylation is 2. The van der Waals surface area contributed by atoms with E-state index < -0.39 is 0 Å². The van der Waals surface area contributed by atoms with E-state index >= 15 is 0 Å². The number of hydrogen-bond acceptors (Lipinski definition) is 16. The molecule has 0 aliphatic heterocycles. The van der Waals surface area contributed by atoms with Crippen LogP contribution in [0.1, 0.15) is 72.4 Å². The molecule has 0 atom stereocenters. The Kier molecular flexibility index (Phi) is 21.7. The van der Waals surface area contributed by atoms with Gasteiger partial charge < -0.3 is 50.0 Å². The molecule has 0 aliphatic rings. The molecule has 0 radical (unpaired) electrons. The lowest BCUT2D eigenvalue weighted by atomic mass is 10.1. The maximum absolute atomic E-state index is 12.7. The summed E-state index contributed by atoms with van der Waals surface area (Å²) in [5, 5.41) is 14.8. The number of amides is 2. The first kappa shape index (κ1) is 59.5. The summed E-state index contributed by atoms with van der Waals surface area (Å²) in [5.41, 5.74) is 8.23. The number of carbonyl (C=O) groups is 3. The van der Waals surface area contributed by atoms with Gasteiger partial charge in [0.1, 0.15) is 48.4 Å². The molecule has 2 amide bonds. The summed E-state index contributed by atoms with van der Waals surface area (Å²) < 4.78 is 23.4. The normalized spacial score (nSPS) is 11.0. The molecular formula is C60H67Cl2N11O7. The summed E-state index contributed by atoms with van der Waals surface area (Å²) in [4.78, 5) is 63.5. The van der Waals surface area contributed by atoms with Crippen molar-refractivity contribution in [2.24, 2.45) is 0 Å². The summed E-state index contributed by atoms with van der Waals surface area (Å²) in [6.45, 7) is 10.9. The summed E-state index contributed by atoms with van der Waals surface area (Å²) in [6.07, 6.45) is 9.42. The minimum Gasteiger partial charge on any atom is -0.492 e. The molecule has 0 saturated heterocycles. The SMILES string of the molecule is CCOc1cc2ncc(C=O)c(Nc3ccc(OCc4ncccc4C)cc3Cl)c2cc1NC(=O)CCCN(C)C.CCOc1cc2ncnc(Nc3ccc(OCc4ncccc4C)cc3Cl)c2cc1NC(=O)CCCN(C)C. The summed E-state index contributed by atoms with van der Waals surface area (Å²) in [5.74, 6) is 2.61. The molecule has 4 N–H and O–H groups in total. The van der Waals surface area contributed by atoms with Crippen molar-refractivity contribution in [2.45, 2.75) is 66.6 Å². The highest BCUT2D eigenvalue weighted by Crippen LogP contribution is 2.39. The van der Waals surface area contributed by atoms with Crippen LogP contribution < -0.4 is 40.2 Å². The lowest BCUT2D eigenvalue weighted by molar-refractivity contribution is -0.117. The van der Waals surface area contributed by atoms with Gasteiger partial charge in [0.25, 0.3) is 0 Å². The molecular weight excluding hydrogens is 1060 g/mol. The predicted molar refractivity (Wildman–Crippen MR) is 318 cm³/mol. The molecule has 18 nitrogen and oxygen atoms in total. The van der Waals surface area contributed by atoms with Crippen LogP contribution in [-0.4, -0.2) is 107 Å². The van der Waals surface area contributed by atoms with E-state index in [0.29, 0.717) is 134 Å². The van der Waals surface area contributed by atoms with Gasteiger partial charge >= 0.3 is 0 Å². The van der Waals surface area contributed by atoms with E-state index in [1.165, 1.54) is 12.5 Å². The van der Waals surface area contributed by atoms with Crippen molar-refractivity contribution in [3.8, 4) is 23.0 Å². The van der Waals surface area contributed by atoms with Crippen LogP contribution in [0.5, 0.6) is 23.0 Å². The fourth-order valence-electron chi connectivity index (χ4n) is 8.21. The zero-order chi connectivity index (χ0) is 57.1. The highest BCUT2D eigenvalue weighted by atomic mass is 35.5. The number of fused-ring (bicyclic) bond motifs is 2. The van der Waals surface area contributed by atoms with Crippen LogP contribution in [-0.2, 0) is 22.8 Å². The molecule has 20 heteroatoms. The van der Waals surface area contributed by atoms with Crippen LogP contribution in [0.4, 0.5) is 34.3 Å². The average molecular weight is 1130 g/mol. The number of aromatic nitrogens is 5. The largest absolute Gasteiger partial charge is 0.492 e. The quantitative estimate of drug-likeness (QED) is 0.0393. The van der Waals surface area contributed by atoms with Crippen molar-refractivity contribution in [2.75, 3.05) is 75.8 Å². The van der Waals surface area contributed by atoms with E-state index in [2.05, 4.69) is 51.1 Å². The van der Waals surface area contributed by atoms with Crippen LogP contribution in [0.15, 0.2) is 110 Å². The van der Waals surface area contributed by atoms with Crippen molar-refractivity contribution in [3.63, 3.8) is 0 Å². The number of pyridine rings is 3. The first-order valence-electron chi connectivity index (χ1n) is 26.2. The first-order valence-corrected chi connectivity index (χ1v) is 26.9. The highest BCUT2D eigenvalue weighted by molar-refractivity contribution is 6.34. The number of aldehydes is 1. The highest BCUT2D eigenvalue weighted by Gasteiger charge is 2.19. The van der Waals surface area contributed by atoms with Gasteiger partial charge in [0.15, 0.2) is 6.29 Å². The van der Waals surface area contributed by atoms with Crippen LogP contribution in [0, 0.1) is 13.8 Å². The van der Waals surface area contributed by atoms with Crippen LogP contribution in [0.25, 0.3) is 21.8 Å². The molecule has 0 bridgehead atoms. The molecule has 80 heavy (non-hydrogen) atoms. The number of nitrogens with one attached hydrogen (secondary N) is 4. The number of halogens is 2. The number of nitrogens with zero attached hydrogens (tertiary/aromatic N) is 7. The third-order valence-electron chi connectivity index (χ3n) is 12.4.